The van der Waals surface area contributed by atoms with E-state index in [1.165, 1.54) is 16.7 Å². The highest BCUT2D eigenvalue weighted by Gasteiger charge is 2.31. The number of piperidine rings is 1. The van der Waals surface area contributed by atoms with E-state index in [0.29, 0.717) is 26.4 Å². The molecule has 3 aromatic carbocycles. The van der Waals surface area contributed by atoms with Crippen molar-refractivity contribution in [3.63, 3.8) is 0 Å². The molecule has 1 aliphatic rings. The Labute approximate surface area is 185 Å². The van der Waals surface area contributed by atoms with Gasteiger partial charge in [-0.25, -0.2) is 0 Å². The highest BCUT2D eigenvalue weighted by Crippen LogP contribution is 2.23. The minimum Gasteiger partial charge on any atom is -0.376 e. The van der Waals surface area contributed by atoms with Crippen molar-refractivity contribution in [1.82, 2.24) is 5.06 Å². The molecule has 0 aromatic heterocycles. The lowest BCUT2D eigenvalue weighted by Crippen LogP contribution is -2.45. The summed E-state index contributed by atoms with van der Waals surface area (Å²) >= 11 is 0. The van der Waals surface area contributed by atoms with E-state index in [4.69, 9.17) is 14.3 Å². The number of ether oxygens (including phenoxy) is 2. The zero-order valence-electron chi connectivity index (χ0n) is 17.9. The molecule has 0 N–H and O–H groups in total. The topological polar surface area (TPSA) is 30.9 Å². The molecule has 1 fully saturated rings. The Kier molecular flexibility index (Phi) is 8.25. The monoisotopic (exact) mass is 417 g/mol. The molecule has 0 aliphatic carbocycles. The Hall–Kier alpha value is -2.50. The van der Waals surface area contributed by atoms with Crippen molar-refractivity contribution < 1.29 is 14.3 Å². The van der Waals surface area contributed by atoms with Crippen LogP contribution < -0.4 is 0 Å². The van der Waals surface area contributed by atoms with E-state index in [0.717, 1.165) is 19.5 Å². The maximum atomic E-state index is 6.33. The van der Waals surface area contributed by atoms with Crippen molar-refractivity contribution in [2.75, 3.05) is 19.7 Å². The molecule has 31 heavy (non-hydrogen) atoms. The van der Waals surface area contributed by atoms with Gasteiger partial charge in [0.2, 0.25) is 0 Å². The summed E-state index contributed by atoms with van der Waals surface area (Å²) in [6, 6.07) is 31.0. The molecule has 0 amide bonds. The molecule has 2 atom stereocenters. The molecule has 0 saturated carbocycles. The Bertz CT molecular complexity index is 873. The summed E-state index contributed by atoms with van der Waals surface area (Å²) in [6.45, 7) is 4.16. The van der Waals surface area contributed by atoms with Gasteiger partial charge in [0, 0.05) is 19.0 Å². The summed E-state index contributed by atoms with van der Waals surface area (Å²) in [7, 11) is 0. The number of nitrogens with zero attached hydrogens (tertiary/aromatic N) is 1. The summed E-state index contributed by atoms with van der Waals surface area (Å²) in [5.74, 6) is 0.261. The first-order chi connectivity index (χ1) is 15.4. The van der Waals surface area contributed by atoms with Gasteiger partial charge in [0.15, 0.2) is 0 Å². The average molecular weight is 418 g/mol. The Balaban J connectivity index is 1.32. The highest BCUT2D eigenvalue weighted by atomic mass is 16.7. The van der Waals surface area contributed by atoms with Crippen LogP contribution in [0.1, 0.15) is 23.1 Å². The number of hydrogen-bond donors (Lipinski definition) is 0. The molecule has 1 saturated heterocycles. The number of hydrogen-bond acceptors (Lipinski definition) is 4. The Morgan fingerprint density at radius 3 is 1.84 bits per heavy atom. The summed E-state index contributed by atoms with van der Waals surface area (Å²) in [5.41, 5.74) is 3.58. The van der Waals surface area contributed by atoms with Gasteiger partial charge in [-0.3, -0.25) is 4.84 Å². The Morgan fingerprint density at radius 2 is 1.23 bits per heavy atom. The van der Waals surface area contributed by atoms with Crippen LogP contribution in [-0.2, 0) is 34.1 Å². The fourth-order valence-corrected chi connectivity index (χ4v) is 3.89. The van der Waals surface area contributed by atoms with Crippen molar-refractivity contribution in [2.45, 2.75) is 32.3 Å². The second-order valence-corrected chi connectivity index (χ2v) is 8.03. The average Bonchev–Trinajstić information content (AvgIpc) is 2.84. The third-order valence-electron chi connectivity index (χ3n) is 5.63. The van der Waals surface area contributed by atoms with Gasteiger partial charge < -0.3 is 9.47 Å². The zero-order valence-corrected chi connectivity index (χ0v) is 17.9. The smallest absolute Gasteiger partial charge is 0.0935 e. The lowest BCUT2D eigenvalue weighted by Gasteiger charge is -2.37. The van der Waals surface area contributed by atoms with Gasteiger partial charge in [0.1, 0.15) is 0 Å². The molecule has 4 nitrogen and oxygen atoms in total. The molecule has 1 aliphatic heterocycles. The van der Waals surface area contributed by atoms with E-state index in [9.17, 15) is 0 Å². The second kappa shape index (κ2) is 11.8. The lowest BCUT2D eigenvalue weighted by molar-refractivity contribution is -0.213. The molecule has 0 spiro atoms. The van der Waals surface area contributed by atoms with E-state index in [1.54, 1.807) is 0 Å². The van der Waals surface area contributed by atoms with Crippen LogP contribution in [0.2, 0.25) is 0 Å². The summed E-state index contributed by atoms with van der Waals surface area (Å²) in [6.07, 6.45) is 1.09. The molecule has 0 radical (unpaired) electrons. The molecular formula is C27H31NO3. The fraction of sp³-hybridized carbons (Fsp3) is 0.333. The van der Waals surface area contributed by atoms with Crippen molar-refractivity contribution in [3.8, 4) is 0 Å². The van der Waals surface area contributed by atoms with Gasteiger partial charge in [-0.1, -0.05) is 91.0 Å². The van der Waals surface area contributed by atoms with Crippen molar-refractivity contribution in [1.29, 1.82) is 0 Å². The van der Waals surface area contributed by atoms with Crippen molar-refractivity contribution >= 4 is 0 Å². The molecule has 4 heteroatoms. The van der Waals surface area contributed by atoms with Gasteiger partial charge in [-0.2, -0.15) is 5.06 Å². The van der Waals surface area contributed by atoms with Gasteiger partial charge in [-0.05, 0) is 23.1 Å². The van der Waals surface area contributed by atoms with Crippen LogP contribution >= 0.6 is 0 Å². The molecule has 3 aromatic rings. The SMILES string of the molecule is c1ccc(COC[C@H]2CN(OCc3ccccc3)CC[C@@H]2OCc2ccccc2)cc1. The van der Waals surface area contributed by atoms with Crippen LogP contribution in [0, 0.1) is 5.92 Å². The standard InChI is InChI=1S/C27H31NO3/c1-4-10-23(11-5-1)19-29-22-26-18-28(31-21-25-14-8-3-9-15-25)17-16-27(26)30-20-24-12-6-2-7-13-24/h1-15,26-27H,16-22H2/t26-,27+/m1/s1. The third-order valence-corrected chi connectivity index (χ3v) is 5.63. The van der Waals surface area contributed by atoms with Crippen molar-refractivity contribution in [3.05, 3.63) is 108 Å². The van der Waals surface area contributed by atoms with Gasteiger partial charge in [-0.15, -0.1) is 0 Å². The summed E-state index contributed by atoms with van der Waals surface area (Å²) in [5, 5.41) is 2.08. The second-order valence-electron chi connectivity index (χ2n) is 8.03. The first-order valence-electron chi connectivity index (χ1n) is 11.1. The van der Waals surface area contributed by atoms with Gasteiger partial charge in [0.25, 0.3) is 0 Å². The molecule has 1 heterocycles. The normalized spacial score (nSPS) is 19.4. The Morgan fingerprint density at radius 1 is 0.677 bits per heavy atom. The number of benzene rings is 3. The molecule has 4 rings (SSSR count). The molecule has 0 unspecified atom stereocenters. The minimum absolute atomic E-state index is 0.160. The highest BCUT2D eigenvalue weighted by molar-refractivity contribution is 5.15. The number of rotatable bonds is 10. The maximum Gasteiger partial charge on any atom is 0.0935 e. The fourth-order valence-electron chi connectivity index (χ4n) is 3.89. The quantitative estimate of drug-likeness (QED) is 0.451. The van der Waals surface area contributed by atoms with E-state index in [2.05, 4.69) is 53.6 Å². The maximum absolute atomic E-state index is 6.33. The summed E-state index contributed by atoms with van der Waals surface area (Å²) < 4.78 is 12.4. The van der Waals surface area contributed by atoms with E-state index in [1.807, 2.05) is 42.5 Å². The zero-order chi connectivity index (χ0) is 21.1. The van der Waals surface area contributed by atoms with Crippen molar-refractivity contribution in [2.24, 2.45) is 5.92 Å². The van der Waals surface area contributed by atoms with Crippen LogP contribution in [0.15, 0.2) is 91.0 Å². The van der Waals surface area contributed by atoms with E-state index < -0.39 is 0 Å². The van der Waals surface area contributed by atoms with E-state index in [-0.39, 0.29) is 12.0 Å². The first kappa shape index (κ1) is 21.7. The predicted molar refractivity (Wildman–Crippen MR) is 122 cm³/mol. The minimum atomic E-state index is 0.160. The first-order valence-corrected chi connectivity index (χ1v) is 11.1. The van der Waals surface area contributed by atoms with Gasteiger partial charge in [0.05, 0.1) is 32.5 Å². The van der Waals surface area contributed by atoms with Gasteiger partial charge >= 0.3 is 0 Å². The van der Waals surface area contributed by atoms with Crippen LogP contribution in [0.3, 0.4) is 0 Å². The summed E-state index contributed by atoms with van der Waals surface area (Å²) in [4.78, 5) is 6.10. The van der Waals surface area contributed by atoms with Crippen LogP contribution in [0.5, 0.6) is 0 Å². The van der Waals surface area contributed by atoms with Crippen LogP contribution in [-0.4, -0.2) is 30.9 Å². The third kappa shape index (κ3) is 7.01. The van der Waals surface area contributed by atoms with E-state index >= 15 is 0 Å². The number of hydroxylamine groups is 2. The molecule has 162 valence electrons. The van der Waals surface area contributed by atoms with Crippen LogP contribution in [0.25, 0.3) is 0 Å². The molecular weight excluding hydrogens is 386 g/mol. The predicted octanol–water partition coefficient (Wildman–Crippen LogP) is 5.24. The molecule has 0 bridgehead atoms. The van der Waals surface area contributed by atoms with Crippen LogP contribution in [0.4, 0.5) is 0 Å². The largest absolute Gasteiger partial charge is 0.376 e. The lowest BCUT2D eigenvalue weighted by atomic mass is 9.96.